The van der Waals surface area contributed by atoms with E-state index in [9.17, 15) is 4.39 Å². The van der Waals surface area contributed by atoms with Crippen LogP contribution < -0.4 is 5.73 Å². The molecule has 1 aromatic rings. The Balaban J connectivity index is 2.89. The Morgan fingerprint density at radius 2 is 2.06 bits per heavy atom. The number of likely N-dealkylation sites (N-methyl/N-ethyl adjacent to an activating group) is 1. The van der Waals surface area contributed by atoms with Gasteiger partial charge in [0.1, 0.15) is 5.82 Å². The van der Waals surface area contributed by atoms with Crippen LogP contribution in [0.5, 0.6) is 0 Å². The molecule has 0 aromatic heterocycles. The third kappa shape index (κ3) is 4.05. The lowest BCUT2D eigenvalue weighted by atomic mass is 10.0. The second-order valence-corrected chi connectivity index (χ2v) is 5.61. The third-order valence-corrected chi connectivity index (χ3v) is 3.38. The van der Waals surface area contributed by atoms with Crippen LogP contribution >= 0.6 is 15.9 Å². The van der Waals surface area contributed by atoms with Crippen molar-refractivity contribution in [1.29, 1.82) is 0 Å². The summed E-state index contributed by atoms with van der Waals surface area (Å²) in [7, 11) is 2.03. The largest absolute Gasteiger partial charge is 0.329 e. The van der Waals surface area contributed by atoms with Crippen LogP contribution in [0.2, 0.25) is 0 Å². The van der Waals surface area contributed by atoms with E-state index in [1.807, 2.05) is 13.1 Å². The SMILES string of the molecule is CC(C)CN(C)C(CN)c1ccc(Br)c(F)c1. The molecule has 0 saturated carbocycles. The maximum absolute atomic E-state index is 13.5. The Hall–Kier alpha value is -0.450. The smallest absolute Gasteiger partial charge is 0.137 e. The van der Waals surface area contributed by atoms with Gasteiger partial charge in [0.2, 0.25) is 0 Å². The average Bonchev–Trinajstić information content (AvgIpc) is 2.23. The normalized spacial score (nSPS) is 13.4. The van der Waals surface area contributed by atoms with Crippen molar-refractivity contribution in [3.05, 3.63) is 34.1 Å². The summed E-state index contributed by atoms with van der Waals surface area (Å²) in [5.41, 5.74) is 6.72. The molecule has 0 radical (unpaired) electrons. The van der Waals surface area contributed by atoms with E-state index in [-0.39, 0.29) is 11.9 Å². The van der Waals surface area contributed by atoms with Gasteiger partial charge in [-0.05, 0) is 46.6 Å². The average molecular weight is 303 g/mol. The van der Waals surface area contributed by atoms with E-state index in [1.54, 1.807) is 12.1 Å². The summed E-state index contributed by atoms with van der Waals surface area (Å²) in [5.74, 6) is 0.327. The standard InChI is InChI=1S/C13H20BrFN2/c1-9(2)8-17(3)13(7-16)10-4-5-11(14)12(15)6-10/h4-6,9,13H,7-8,16H2,1-3H3. The van der Waals surface area contributed by atoms with Crippen molar-refractivity contribution in [1.82, 2.24) is 4.90 Å². The monoisotopic (exact) mass is 302 g/mol. The quantitative estimate of drug-likeness (QED) is 0.905. The first-order valence-electron chi connectivity index (χ1n) is 5.81. The molecule has 0 spiro atoms. The number of hydrogen-bond donors (Lipinski definition) is 1. The molecule has 0 bridgehead atoms. The van der Waals surface area contributed by atoms with Gasteiger partial charge in [-0.2, -0.15) is 0 Å². The van der Waals surface area contributed by atoms with E-state index < -0.39 is 0 Å². The van der Waals surface area contributed by atoms with Crippen LogP contribution in [0.25, 0.3) is 0 Å². The Morgan fingerprint density at radius 3 is 2.53 bits per heavy atom. The zero-order valence-electron chi connectivity index (χ0n) is 10.6. The van der Waals surface area contributed by atoms with Crippen LogP contribution in [0.3, 0.4) is 0 Å². The summed E-state index contributed by atoms with van der Waals surface area (Å²) in [6.07, 6.45) is 0. The Kier molecular flexibility index (Phi) is 5.56. The number of rotatable bonds is 5. The van der Waals surface area contributed by atoms with Crippen LogP contribution in [0.4, 0.5) is 4.39 Å². The summed E-state index contributed by atoms with van der Waals surface area (Å²) in [6, 6.07) is 5.27. The maximum Gasteiger partial charge on any atom is 0.137 e. The summed E-state index contributed by atoms with van der Waals surface area (Å²) < 4.78 is 14.0. The number of benzene rings is 1. The van der Waals surface area contributed by atoms with Gasteiger partial charge < -0.3 is 5.73 Å². The molecule has 0 aliphatic carbocycles. The van der Waals surface area contributed by atoms with Crippen molar-refractivity contribution in [2.75, 3.05) is 20.1 Å². The van der Waals surface area contributed by atoms with E-state index in [2.05, 4.69) is 34.7 Å². The Morgan fingerprint density at radius 1 is 1.41 bits per heavy atom. The van der Waals surface area contributed by atoms with Crippen LogP contribution in [0, 0.1) is 11.7 Å². The predicted molar refractivity (Wildman–Crippen MR) is 73.4 cm³/mol. The van der Waals surface area contributed by atoms with Gasteiger partial charge in [0.15, 0.2) is 0 Å². The summed E-state index contributed by atoms with van der Waals surface area (Å²) in [6.45, 7) is 5.75. The molecule has 2 N–H and O–H groups in total. The summed E-state index contributed by atoms with van der Waals surface area (Å²) >= 11 is 3.16. The highest BCUT2D eigenvalue weighted by molar-refractivity contribution is 9.10. The molecule has 2 nitrogen and oxygen atoms in total. The summed E-state index contributed by atoms with van der Waals surface area (Å²) in [5, 5.41) is 0. The molecule has 1 unspecified atom stereocenters. The van der Waals surface area contributed by atoms with Crippen molar-refractivity contribution in [2.45, 2.75) is 19.9 Å². The minimum Gasteiger partial charge on any atom is -0.329 e. The Labute approximate surface area is 111 Å². The van der Waals surface area contributed by atoms with E-state index in [4.69, 9.17) is 5.73 Å². The highest BCUT2D eigenvalue weighted by Crippen LogP contribution is 2.24. The van der Waals surface area contributed by atoms with Gasteiger partial charge in [-0.15, -0.1) is 0 Å². The zero-order valence-corrected chi connectivity index (χ0v) is 12.2. The molecule has 17 heavy (non-hydrogen) atoms. The van der Waals surface area contributed by atoms with Gasteiger partial charge >= 0.3 is 0 Å². The van der Waals surface area contributed by atoms with E-state index in [0.717, 1.165) is 12.1 Å². The number of halogens is 2. The number of nitrogens with zero attached hydrogens (tertiary/aromatic N) is 1. The lowest BCUT2D eigenvalue weighted by molar-refractivity contribution is 0.223. The second kappa shape index (κ2) is 6.47. The molecule has 0 aliphatic rings. The molecule has 0 amide bonds. The van der Waals surface area contributed by atoms with Crippen molar-refractivity contribution in [2.24, 2.45) is 11.7 Å². The zero-order chi connectivity index (χ0) is 13.0. The fourth-order valence-electron chi connectivity index (χ4n) is 1.99. The van der Waals surface area contributed by atoms with Crippen LogP contribution in [0.15, 0.2) is 22.7 Å². The fourth-order valence-corrected chi connectivity index (χ4v) is 2.24. The van der Waals surface area contributed by atoms with Crippen LogP contribution in [-0.4, -0.2) is 25.0 Å². The van der Waals surface area contributed by atoms with Gasteiger partial charge in [0.05, 0.1) is 4.47 Å². The molecule has 4 heteroatoms. The molecular formula is C13H20BrFN2. The van der Waals surface area contributed by atoms with Crippen molar-refractivity contribution in [3.63, 3.8) is 0 Å². The van der Waals surface area contributed by atoms with E-state index >= 15 is 0 Å². The topological polar surface area (TPSA) is 29.3 Å². The molecule has 0 saturated heterocycles. The van der Waals surface area contributed by atoms with E-state index in [0.29, 0.717) is 16.9 Å². The maximum atomic E-state index is 13.5. The van der Waals surface area contributed by atoms with Crippen molar-refractivity contribution < 1.29 is 4.39 Å². The highest BCUT2D eigenvalue weighted by atomic mass is 79.9. The molecule has 0 fully saturated rings. The summed E-state index contributed by atoms with van der Waals surface area (Å²) in [4.78, 5) is 2.17. The molecular weight excluding hydrogens is 283 g/mol. The van der Waals surface area contributed by atoms with Gasteiger partial charge in [-0.25, -0.2) is 4.39 Å². The molecule has 0 heterocycles. The minimum atomic E-state index is -0.237. The molecule has 1 rings (SSSR count). The lowest BCUT2D eigenvalue weighted by Gasteiger charge is -2.28. The van der Waals surface area contributed by atoms with Gasteiger partial charge in [-0.3, -0.25) is 4.90 Å². The molecule has 0 aliphatic heterocycles. The van der Waals surface area contributed by atoms with Gasteiger partial charge in [0.25, 0.3) is 0 Å². The van der Waals surface area contributed by atoms with Crippen molar-refractivity contribution >= 4 is 15.9 Å². The molecule has 1 atom stereocenters. The highest BCUT2D eigenvalue weighted by Gasteiger charge is 2.17. The Bertz CT molecular complexity index is 368. The third-order valence-electron chi connectivity index (χ3n) is 2.74. The van der Waals surface area contributed by atoms with Crippen molar-refractivity contribution in [3.8, 4) is 0 Å². The predicted octanol–water partition coefficient (Wildman–Crippen LogP) is 3.18. The van der Waals surface area contributed by atoms with Crippen LogP contribution in [-0.2, 0) is 0 Å². The second-order valence-electron chi connectivity index (χ2n) is 4.76. The molecule has 1 aromatic carbocycles. The number of hydrogen-bond acceptors (Lipinski definition) is 2. The molecule has 96 valence electrons. The fraction of sp³-hybridized carbons (Fsp3) is 0.538. The van der Waals surface area contributed by atoms with E-state index in [1.165, 1.54) is 0 Å². The van der Waals surface area contributed by atoms with Gasteiger partial charge in [0, 0.05) is 19.1 Å². The minimum absolute atomic E-state index is 0.0694. The van der Waals surface area contributed by atoms with Gasteiger partial charge in [-0.1, -0.05) is 19.9 Å². The number of nitrogens with two attached hydrogens (primary N) is 1. The lowest BCUT2D eigenvalue weighted by Crippen LogP contribution is -2.33. The first-order valence-corrected chi connectivity index (χ1v) is 6.60. The van der Waals surface area contributed by atoms with Crippen LogP contribution in [0.1, 0.15) is 25.5 Å². The first-order chi connectivity index (χ1) is 7.95. The first kappa shape index (κ1) is 14.6.